The molecule has 0 unspecified atom stereocenters. The SMILES string of the molecule is COc1ccc(Cn2c(=O)c(C)cc3cnc(N4CCC[C@H]4CO)nc32)cc1Cl. The maximum atomic E-state index is 12.9. The van der Waals surface area contributed by atoms with Gasteiger partial charge in [-0.1, -0.05) is 17.7 Å². The minimum absolute atomic E-state index is 0.0125. The van der Waals surface area contributed by atoms with Gasteiger partial charge in [-0.15, -0.1) is 0 Å². The zero-order chi connectivity index (χ0) is 20.5. The number of benzene rings is 1. The van der Waals surface area contributed by atoms with Crippen LogP contribution < -0.4 is 15.2 Å². The summed E-state index contributed by atoms with van der Waals surface area (Å²) in [6, 6.07) is 7.29. The average molecular weight is 415 g/mol. The molecule has 1 atom stereocenters. The minimum atomic E-state index is -0.103. The van der Waals surface area contributed by atoms with E-state index in [1.54, 1.807) is 36.9 Å². The molecule has 0 amide bonds. The van der Waals surface area contributed by atoms with Crippen LogP contribution in [0.5, 0.6) is 5.75 Å². The van der Waals surface area contributed by atoms with E-state index >= 15 is 0 Å². The van der Waals surface area contributed by atoms with Crippen LogP contribution >= 0.6 is 11.6 Å². The molecule has 0 spiro atoms. The van der Waals surface area contributed by atoms with Crippen molar-refractivity contribution in [3.8, 4) is 5.75 Å². The molecule has 0 radical (unpaired) electrons. The van der Waals surface area contributed by atoms with E-state index in [0.29, 0.717) is 34.5 Å². The van der Waals surface area contributed by atoms with E-state index in [2.05, 4.69) is 4.98 Å². The van der Waals surface area contributed by atoms with Gasteiger partial charge in [0.25, 0.3) is 5.56 Å². The number of hydrogen-bond acceptors (Lipinski definition) is 6. The number of methoxy groups -OCH3 is 1. The molecule has 152 valence electrons. The number of pyridine rings is 1. The Labute approximate surface area is 173 Å². The summed E-state index contributed by atoms with van der Waals surface area (Å²) in [5.41, 5.74) is 1.97. The van der Waals surface area contributed by atoms with Crippen molar-refractivity contribution in [1.29, 1.82) is 0 Å². The lowest BCUT2D eigenvalue weighted by molar-refractivity contribution is 0.265. The lowest BCUT2D eigenvalue weighted by atomic mass is 10.2. The van der Waals surface area contributed by atoms with Gasteiger partial charge in [0, 0.05) is 23.7 Å². The number of aliphatic hydroxyl groups is 1. The molecular weight excluding hydrogens is 392 g/mol. The summed E-state index contributed by atoms with van der Waals surface area (Å²) in [6.45, 7) is 2.98. The van der Waals surface area contributed by atoms with Gasteiger partial charge < -0.3 is 14.7 Å². The van der Waals surface area contributed by atoms with Gasteiger partial charge in [-0.05, 0) is 43.5 Å². The van der Waals surface area contributed by atoms with Gasteiger partial charge in [0.1, 0.15) is 11.4 Å². The summed E-state index contributed by atoms with van der Waals surface area (Å²) < 4.78 is 6.86. The second-order valence-corrected chi connectivity index (χ2v) is 7.72. The first kappa shape index (κ1) is 19.7. The number of halogens is 1. The van der Waals surface area contributed by atoms with E-state index in [1.165, 1.54) is 0 Å². The van der Waals surface area contributed by atoms with E-state index in [-0.39, 0.29) is 18.2 Å². The van der Waals surface area contributed by atoms with Crippen LogP contribution in [0.3, 0.4) is 0 Å². The fourth-order valence-corrected chi connectivity index (χ4v) is 4.14. The van der Waals surface area contributed by atoms with Gasteiger partial charge in [-0.25, -0.2) is 4.98 Å². The van der Waals surface area contributed by atoms with E-state index < -0.39 is 0 Å². The molecule has 1 saturated heterocycles. The number of aryl methyl sites for hydroxylation is 1. The van der Waals surface area contributed by atoms with Crippen LogP contribution in [0, 0.1) is 6.92 Å². The van der Waals surface area contributed by atoms with Crippen LogP contribution in [0.1, 0.15) is 24.0 Å². The van der Waals surface area contributed by atoms with Crippen molar-refractivity contribution in [3.63, 3.8) is 0 Å². The Morgan fingerprint density at radius 3 is 2.90 bits per heavy atom. The van der Waals surface area contributed by atoms with Crippen molar-refractivity contribution >= 4 is 28.6 Å². The molecule has 29 heavy (non-hydrogen) atoms. The number of aromatic nitrogens is 3. The molecular formula is C21H23ClN4O3. The zero-order valence-electron chi connectivity index (χ0n) is 16.4. The molecule has 1 N–H and O–H groups in total. The van der Waals surface area contributed by atoms with Gasteiger partial charge in [0.15, 0.2) is 0 Å². The van der Waals surface area contributed by atoms with Crippen LogP contribution in [0.4, 0.5) is 5.95 Å². The van der Waals surface area contributed by atoms with Gasteiger partial charge in [0.2, 0.25) is 5.95 Å². The molecule has 0 saturated carbocycles. The molecule has 1 aliphatic heterocycles. The maximum Gasteiger partial charge on any atom is 0.255 e. The van der Waals surface area contributed by atoms with E-state index in [9.17, 15) is 9.90 Å². The maximum absolute atomic E-state index is 12.9. The van der Waals surface area contributed by atoms with E-state index in [0.717, 1.165) is 30.3 Å². The van der Waals surface area contributed by atoms with Crippen LogP contribution in [-0.4, -0.2) is 45.9 Å². The lowest BCUT2D eigenvalue weighted by Crippen LogP contribution is -2.34. The average Bonchev–Trinajstić information content (AvgIpc) is 3.20. The highest BCUT2D eigenvalue weighted by atomic mass is 35.5. The monoisotopic (exact) mass is 414 g/mol. The van der Waals surface area contributed by atoms with Crippen molar-refractivity contribution < 1.29 is 9.84 Å². The first-order valence-corrected chi connectivity index (χ1v) is 9.96. The van der Waals surface area contributed by atoms with E-state index in [4.69, 9.17) is 21.3 Å². The molecule has 7 nitrogen and oxygen atoms in total. The van der Waals surface area contributed by atoms with Crippen molar-refractivity contribution in [2.75, 3.05) is 25.2 Å². The molecule has 4 rings (SSSR count). The lowest BCUT2D eigenvalue weighted by Gasteiger charge is -2.23. The third-order valence-electron chi connectivity index (χ3n) is 5.40. The fraction of sp³-hybridized carbons (Fsp3) is 0.381. The number of hydrogen-bond donors (Lipinski definition) is 1. The van der Waals surface area contributed by atoms with Crippen molar-refractivity contribution in [3.05, 3.63) is 57.0 Å². The number of rotatable bonds is 5. The summed E-state index contributed by atoms with van der Waals surface area (Å²) >= 11 is 6.26. The predicted molar refractivity (Wildman–Crippen MR) is 113 cm³/mol. The molecule has 0 aliphatic carbocycles. The molecule has 2 aromatic heterocycles. The Morgan fingerprint density at radius 2 is 2.17 bits per heavy atom. The van der Waals surface area contributed by atoms with Crippen LogP contribution in [-0.2, 0) is 6.54 Å². The topological polar surface area (TPSA) is 80.5 Å². The Bertz CT molecular complexity index is 1120. The fourth-order valence-electron chi connectivity index (χ4n) is 3.86. The molecule has 1 aliphatic rings. The van der Waals surface area contributed by atoms with Crippen molar-refractivity contribution in [1.82, 2.24) is 14.5 Å². The van der Waals surface area contributed by atoms with E-state index in [1.807, 2.05) is 17.0 Å². The first-order chi connectivity index (χ1) is 14.0. The van der Waals surface area contributed by atoms with Crippen molar-refractivity contribution in [2.45, 2.75) is 32.4 Å². The number of anilines is 1. The standard InChI is InChI=1S/C21H23ClN4O3/c1-13-8-15-10-23-21(25-7-3-4-16(25)12-27)24-19(15)26(20(13)28)11-14-5-6-18(29-2)17(22)9-14/h5-6,8-10,16,27H,3-4,7,11-12H2,1-2H3/t16-/m0/s1. The second-order valence-electron chi connectivity index (χ2n) is 7.31. The highest BCUT2D eigenvalue weighted by Crippen LogP contribution is 2.26. The Kier molecular flexibility index (Phi) is 5.43. The summed E-state index contributed by atoms with van der Waals surface area (Å²) in [5, 5.41) is 10.9. The van der Waals surface area contributed by atoms with Gasteiger partial charge in [-0.3, -0.25) is 9.36 Å². The summed E-state index contributed by atoms with van der Waals surface area (Å²) in [4.78, 5) is 24.2. The highest BCUT2D eigenvalue weighted by molar-refractivity contribution is 6.32. The van der Waals surface area contributed by atoms with Crippen molar-refractivity contribution in [2.24, 2.45) is 0 Å². The van der Waals surface area contributed by atoms with Gasteiger partial charge >= 0.3 is 0 Å². The molecule has 8 heteroatoms. The minimum Gasteiger partial charge on any atom is -0.495 e. The van der Waals surface area contributed by atoms with Crippen LogP contribution in [0.15, 0.2) is 35.3 Å². The zero-order valence-corrected chi connectivity index (χ0v) is 17.2. The van der Waals surface area contributed by atoms with Gasteiger partial charge in [-0.2, -0.15) is 4.98 Å². The number of fused-ring (bicyclic) bond motifs is 1. The van der Waals surface area contributed by atoms with Gasteiger partial charge in [0.05, 0.1) is 31.3 Å². The summed E-state index contributed by atoms with van der Waals surface area (Å²) in [6.07, 6.45) is 3.63. The molecule has 3 aromatic rings. The number of ether oxygens (including phenoxy) is 1. The quantitative estimate of drug-likeness (QED) is 0.691. The summed E-state index contributed by atoms with van der Waals surface area (Å²) in [5.74, 6) is 1.13. The Morgan fingerprint density at radius 1 is 1.34 bits per heavy atom. The third kappa shape index (κ3) is 3.68. The molecule has 1 aromatic carbocycles. The third-order valence-corrected chi connectivity index (χ3v) is 5.69. The van der Waals surface area contributed by atoms with Crippen LogP contribution in [0.25, 0.3) is 11.0 Å². The predicted octanol–water partition coefficient (Wildman–Crippen LogP) is 2.77. The Hall–Kier alpha value is -2.64. The van der Waals surface area contributed by atoms with Crippen LogP contribution in [0.2, 0.25) is 5.02 Å². The second kappa shape index (κ2) is 8.00. The smallest absolute Gasteiger partial charge is 0.255 e. The highest BCUT2D eigenvalue weighted by Gasteiger charge is 2.26. The normalized spacial score (nSPS) is 16.6. The molecule has 0 bridgehead atoms. The first-order valence-electron chi connectivity index (χ1n) is 9.59. The largest absolute Gasteiger partial charge is 0.495 e. The molecule has 1 fully saturated rings. The number of aliphatic hydroxyl groups excluding tert-OH is 1. The number of nitrogens with zero attached hydrogens (tertiary/aromatic N) is 4. The Balaban J connectivity index is 1.81. The molecule has 3 heterocycles. The summed E-state index contributed by atoms with van der Waals surface area (Å²) in [7, 11) is 1.57.